The van der Waals surface area contributed by atoms with Gasteiger partial charge in [-0.25, -0.2) is 14.4 Å². The van der Waals surface area contributed by atoms with E-state index in [2.05, 4.69) is 9.97 Å². The number of carbonyl (C=O) groups excluding carboxylic acids is 1. The maximum atomic E-state index is 14.7. The second-order valence-corrected chi connectivity index (χ2v) is 8.98. The van der Waals surface area contributed by atoms with Crippen molar-refractivity contribution in [1.29, 1.82) is 0 Å². The summed E-state index contributed by atoms with van der Waals surface area (Å²) in [5.41, 5.74) is 1.02. The number of ether oxygens (including phenoxy) is 1. The van der Waals surface area contributed by atoms with E-state index in [1.165, 1.54) is 6.07 Å². The summed E-state index contributed by atoms with van der Waals surface area (Å²) in [6.07, 6.45) is 2.54. The molecule has 0 spiro atoms. The van der Waals surface area contributed by atoms with Crippen LogP contribution in [0.4, 0.5) is 10.3 Å². The predicted octanol–water partition coefficient (Wildman–Crippen LogP) is 3.48. The Kier molecular flexibility index (Phi) is 6.53. The van der Waals surface area contributed by atoms with Gasteiger partial charge in [0.1, 0.15) is 5.82 Å². The van der Waals surface area contributed by atoms with Crippen molar-refractivity contribution in [2.24, 2.45) is 0 Å². The van der Waals surface area contributed by atoms with Crippen molar-refractivity contribution < 1.29 is 13.9 Å². The van der Waals surface area contributed by atoms with Crippen LogP contribution in [0.15, 0.2) is 30.5 Å². The molecule has 30 heavy (non-hydrogen) atoms. The smallest absolute Gasteiger partial charge is 0.258 e. The molecule has 0 saturated carbocycles. The Balaban J connectivity index is 1.77. The average molecular weight is 431 g/mol. The maximum absolute atomic E-state index is 14.7. The summed E-state index contributed by atoms with van der Waals surface area (Å²) in [6.45, 7) is 6.57. The van der Waals surface area contributed by atoms with Crippen LogP contribution in [-0.2, 0) is 4.74 Å². The van der Waals surface area contributed by atoms with Gasteiger partial charge in [0, 0.05) is 42.7 Å². The monoisotopic (exact) mass is 430 g/mol. The fourth-order valence-electron chi connectivity index (χ4n) is 4.01. The van der Waals surface area contributed by atoms with Gasteiger partial charge in [0.25, 0.3) is 5.91 Å². The average Bonchev–Trinajstić information content (AvgIpc) is 3.28. The molecule has 0 radical (unpaired) electrons. The zero-order valence-corrected chi connectivity index (χ0v) is 18.2. The Hall–Kier alpha value is -2.19. The summed E-state index contributed by atoms with van der Waals surface area (Å²) < 4.78 is 20.1. The number of anilines is 1. The van der Waals surface area contributed by atoms with E-state index in [9.17, 15) is 9.18 Å². The highest BCUT2D eigenvalue weighted by molar-refractivity contribution is 7.99. The number of nitrogens with zero attached hydrogens (tertiary/aromatic N) is 4. The molecule has 4 rings (SSSR count). The quantitative estimate of drug-likeness (QED) is 0.724. The normalized spacial score (nSPS) is 19.3. The molecule has 2 aromatic rings. The SMILES string of the molecule is CC(C)N(C(=O)c1cnc(N2CCOCC2)nc1-c1ccccc1F)C1CCSC1. The lowest BCUT2D eigenvalue weighted by molar-refractivity contribution is 0.0633. The molecule has 2 aliphatic heterocycles. The fraction of sp³-hybridized carbons (Fsp3) is 0.500. The summed E-state index contributed by atoms with van der Waals surface area (Å²) >= 11 is 1.86. The highest BCUT2D eigenvalue weighted by atomic mass is 32.2. The van der Waals surface area contributed by atoms with Gasteiger partial charge in [0.2, 0.25) is 5.95 Å². The minimum absolute atomic E-state index is 0.0357. The molecule has 0 bridgehead atoms. The molecular formula is C22H27FN4O2S. The van der Waals surface area contributed by atoms with Gasteiger partial charge in [-0.2, -0.15) is 11.8 Å². The van der Waals surface area contributed by atoms with E-state index in [0.29, 0.717) is 49.1 Å². The van der Waals surface area contributed by atoms with E-state index < -0.39 is 5.82 Å². The van der Waals surface area contributed by atoms with E-state index in [4.69, 9.17) is 4.74 Å². The number of halogens is 1. The minimum atomic E-state index is -0.398. The van der Waals surface area contributed by atoms with E-state index in [0.717, 1.165) is 17.9 Å². The Labute approximate surface area is 180 Å². The molecule has 2 saturated heterocycles. The molecule has 0 aliphatic carbocycles. The van der Waals surface area contributed by atoms with Gasteiger partial charge in [-0.3, -0.25) is 4.79 Å². The topological polar surface area (TPSA) is 58.6 Å². The molecular weight excluding hydrogens is 403 g/mol. The first-order valence-corrected chi connectivity index (χ1v) is 11.6. The second-order valence-electron chi connectivity index (χ2n) is 7.84. The summed E-state index contributed by atoms with van der Waals surface area (Å²) in [4.78, 5) is 26.7. The predicted molar refractivity (Wildman–Crippen MR) is 117 cm³/mol. The number of hydrogen-bond donors (Lipinski definition) is 0. The van der Waals surface area contributed by atoms with Gasteiger partial charge in [0.15, 0.2) is 0 Å². The van der Waals surface area contributed by atoms with Crippen LogP contribution in [-0.4, -0.2) is 70.7 Å². The molecule has 3 heterocycles. The van der Waals surface area contributed by atoms with Gasteiger partial charge in [-0.05, 0) is 38.2 Å². The molecule has 6 nitrogen and oxygen atoms in total. The first kappa shape index (κ1) is 21.1. The van der Waals surface area contributed by atoms with Crippen molar-refractivity contribution in [3.63, 3.8) is 0 Å². The van der Waals surface area contributed by atoms with Crippen LogP contribution < -0.4 is 4.90 Å². The van der Waals surface area contributed by atoms with Crippen molar-refractivity contribution in [1.82, 2.24) is 14.9 Å². The zero-order valence-electron chi connectivity index (χ0n) is 17.4. The number of aromatic nitrogens is 2. The Morgan fingerprint density at radius 2 is 2.07 bits per heavy atom. The third kappa shape index (κ3) is 4.30. The Bertz CT molecular complexity index is 898. The van der Waals surface area contributed by atoms with Gasteiger partial charge in [-0.1, -0.05) is 12.1 Å². The van der Waals surface area contributed by atoms with Crippen LogP contribution in [0, 0.1) is 5.82 Å². The molecule has 1 unspecified atom stereocenters. The van der Waals surface area contributed by atoms with Crippen LogP contribution in [0.3, 0.4) is 0 Å². The number of rotatable bonds is 5. The minimum Gasteiger partial charge on any atom is -0.378 e. The summed E-state index contributed by atoms with van der Waals surface area (Å²) in [6, 6.07) is 6.68. The number of benzene rings is 1. The largest absolute Gasteiger partial charge is 0.378 e. The van der Waals surface area contributed by atoms with Gasteiger partial charge in [0.05, 0.1) is 24.5 Å². The molecule has 2 fully saturated rings. The van der Waals surface area contributed by atoms with Crippen LogP contribution >= 0.6 is 11.8 Å². The van der Waals surface area contributed by atoms with Gasteiger partial charge >= 0.3 is 0 Å². The van der Waals surface area contributed by atoms with Crippen molar-refractivity contribution in [3.05, 3.63) is 41.8 Å². The fourth-order valence-corrected chi connectivity index (χ4v) is 5.21. The van der Waals surface area contributed by atoms with E-state index >= 15 is 0 Å². The molecule has 1 aromatic heterocycles. The highest BCUT2D eigenvalue weighted by Gasteiger charge is 2.32. The molecule has 160 valence electrons. The van der Waals surface area contributed by atoms with Crippen LogP contribution in [0.2, 0.25) is 0 Å². The first-order chi connectivity index (χ1) is 14.6. The van der Waals surface area contributed by atoms with Crippen molar-refractivity contribution in [2.75, 3.05) is 42.7 Å². The maximum Gasteiger partial charge on any atom is 0.258 e. The van der Waals surface area contributed by atoms with Crippen molar-refractivity contribution in [3.8, 4) is 11.3 Å². The second kappa shape index (κ2) is 9.31. The van der Waals surface area contributed by atoms with Crippen molar-refractivity contribution in [2.45, 2.75) is 32.4 Å². The van der Waals surface area contributed by atoms with Crippen LogP contribution in [0.25, 0.3) is 11.3 Å². The molecule has 2 aliphatic rings. The third-order valence-corrected chi connectivity index (χ3v) is 6.66. The lowest BCUT2D eigenvalue weighted by atomic mass is 10.0. The standard InChI is InChI=1S/C22H27FN4O2S/c1-15(2)27(16-7-12-30-14-16)21(28)18-13-24-22(26-8-10-29-11-9-26)25-20(18)17-5-3-4-6-19(17)23/h3-6,13,15-16H,7-12,14H2,1-2H3. The molecule has 0 N–H and O–H groups in total. The molecule has 1 amide bonds. The van der Waals surface area contributed by atoms with E-state index in [1.807, 2.05) is 35.4 Å². The molecule has 1 atom stereocenters. The number of morpholine rings is 1. The van der Waals surface area contributed by atoms with Crippen LogP contribution in [0.1, 0.15) is 30.6 Å². The Morgan fingerprint density at radius 3 is 2.73 bits per heavy atom. The lowest BCUT2D eigenvalue weighted by Crippen LogP contribution is -2.45. The Morgan fingerprint density at radius 1 is 1.30 bits per heavy atom. The number of amides is 1. The molecule has 1 aromatic carbocycles. The summed E-state index contributed by atoms with van der Waals surface area (Å²) in [5.74, 6) is 1.94. The van der Waals surface area contributed by atoms with Gasteiger partial charge in [-0.15, -0.1) is 0 Å². The lowest BCUT2D eigenvalue weighted by Gasteiger charge is -2.33. The summed E-state index contributed by atoms with van der Waals surface area (Å²) in [7, 11) is 0. The first-order valence-electron chi connectivity index (χ1n) is 10.4. The number of hydrogen-bond acceptors (Lipinski definition) is 6. The summed E-state index contributed by atoms with van der Waals surface area (Å²) in [5, 5.41) is 0. The highest BCUT2D eigenvalue weighted by Crippen LogP contribution is 2.30. The molecule has 8 heteroatoms. The zero-order chi connectivity index (χ0) is 21.1. The van der Waals surface area contributed by atoms with Crippen molar-refractivity contribution >= 4 is 23.6 Å². The number of carbonyl (C=O) groups is 1. The third-order valence-electron chi connectivity index (χ3n) is 5.52. The van der Waals surface area contributed by atoms with Gasteiger partial charge < -0.3 is 14.5 Å². The van der Waals surface area contributed by atoms with E-state index in [1.54, 1.807) is 24.4 Å². The van der Waals surface area contributed by atoms with E-state index in [-0.39, 0.29) is 18.0 Å². The number of thioether (sulfide) groups is 1. The van der Waals surface area contributed by atoms with Crippen LogP contribution in [0.5, 0.6) is 0 Å².